The molecule has 0 saturated heterocycles. The van der Waals surface area contributed by atoms with Crippen molar-refractivity contribution in [2.75, 3.05) is 11.9 Å². The average Bonchev–Trinajstić information content (AvgIpc) is 3.27. The Labute approximate surface area is 188 Å². The van der Waals surface area contributed by atoms with Crippen LogP contribution in [-0.2, 0) is 6.18 Å². The van der Waals surface area contributed by atoms with Gasteiger partial charge in [0.25, 0.3) is 0 Å². The summed E-state index contributed by atoms with van der Waals surface area (Å²) in [4.78, 5) is 18.6. The van der Waals surface area contributed by atoms with Crippen molar-refractivity contribution in [3.8, 4) is 11.9 Å². The summed E-state index contributed by atoms with van der Waals surface area (Å²) >= 11 is 3.19. The Kier molecular flexibility index (Phi) is 5.52. The van der Waals surface area contributed by atoms with E-state index in [0.29, 0.717) is 28.5 Å². The van der Waals surface area contributed by atoms with Crippen LogP contribution >= 0.6 is 15.9 Å². The quantitative estimate of drug-likeness (QED) is 0.406. The van der Waals surface area contributed by atoms with Gasteiger partial charge in [-0.15, -0.1) is 0 Å². The van der Waals surface area contributed by atoms with E-state index in [0.717, 1.165) is 12.1 Å². The zero-order valence-electron chi connectivity index (χ0n) is 16.7. The molecule has 0 fully saturated rings. The molecule has 162 valence electrons. The molecule has 8 nitrogen and oxygen atoms in total. The summed E-state index contributed by atoms with van der Waals surface area (Å²) in [6.45, 7) is 1.82. The minimum Gasteiger partial charge on any atom is -0.349 e. The lowest BCUT2D eigenvalue weighted by Crippen LogP contribution is -2.26. The predicted octanol–water partition coefficient (Wildman–Crippen LogP) is 4.46. The number of rotatable bonds is 4. The standard InChI is InChI=1S/C20H14BrF3N8/c1-11(18-29-10-30-32(18)16-4-3-12(7-25)8-26-16)31(2)19-14-5-13(20(22,23)24)6-15(21)17(14)27-9-28-19/h3-6,8-11H,1-2H3. The number of fused-ring (bicyclic) bond motifs is 1. The maximum absolute atomic E-state index is 13.4. The fourth-order valence-electron chi connectivity index (χ4n) is 3.20. The smallest absolute Gasteiger partial charge is 0.349 e. The summed E-state index contributed by atoms with van der Waals surface area (Å²) in [6.07, 6.45) is -0.444. The first kappa shape index (κ1) is 21.6. The van der Waals surface area contributed by atoms with Crippen LogP contribution in [0.2, 0.25) is 0 Å². The van der Waals surface area contributed by atoms with Crippen LogP contribution in [0.4, 0.5) is 19.0 Å². The van der Waals surface area contributed by atoms with Crippen LogP contribution in [0, 0.1) is 11.3 Å². The van der Waals surface area contributed by atoms with Crippen LogP contribution < -0.4 is 4.90 Å². The first-order valence-corrected chi connectivity index (χ1v) is 10.0. The van der Waals surface area contributed by atoms with Gasteiger partial charge in [-0.1, -0.05) is 0 Å². The van der Waals surface area contributed by atoms with E-state index < -0.39 is 17.8 Å². The molecule has 0 N–H and O–H groups in total. The van der Waals surface area contributed by atoms with E-state index in [2.05, 4.69) is 41.0 Å². The van der Waals surface area contributed by atoms with Gasteiger partial charge in [-0.25, -0.2) is 19.9 Å². The lowest BCUT2D eigenvalue weighted by atomic mass is 10.1. The molecule has 12 heteroatoms. The maximum Gasteiger partial charge on any atom is 0.416 e. The summed E-state index contributed by atoms with van der Waals surface area (Å²) in [5.74, 6) is 1.24. The number of benzene rings is 1. The Morgan fingerprint density at radius 1 is 1.12 bits per heavy atom. The van der Waals surface area contributed by atoms with E-state index in [9.17, 15) is 13.2 Å². The second-order valence-corrected chi connectivity index (χ2v) is 7.74. The van der Waals surface area contributed by atoms with Gasteiger partial charge < -0.3 is 4.90 Å². The summed E-state index contributed by atoms with van der Waals surface area (Å²) in [6, 6.07) is 6.83. The highest BCUT2D eigenvalue weighted by atomic mass is 79.9. The molecule has 32 heavy (non-hydrogen) atoms. The lowest BCUT2D eigenvalue weighted by Gasteiger charge is -2.26. The van der Waals surface area contributed by atoms with Crippen LogP contribution in [0.3, 0.4) is 0 Å². The third-order valence-corrected chi connectivity index (χ3v) is 5.56. The van der Waals surface area contributed by atoms with E-state index in [1.54, 1.807) is 24.1 Å². The number of aromatic nitrogens is 6. The van der Waals surface area contributed by atoms with E-state index in [4.69, 9.17) is 5.26 Å². The second kappa shape index (κ2) is 8.16. The lowest BCUT2D eigenvalue weighted by molar-refractivity contribution is -0.137. The SMILES string of the molecule is CC(c1ncnn1-c1ccc(C#N)cn1)N(C)c1ncnc2c(Br)cc(C(F)(F)F)cc12. The van der Waals surface area contributed by atoms with Crippen molar-refractivity contribution in [2.45, 2.75) is 19.1 Å². The maximum atomic E-state index is 13.4. The van der Waals surface area contributed by atoms with Crippen molar-refractivity contribution in [3.05, 3.63) is 64.5 Å². The molecule has 0 aliphatic heterocycles. The number of alkyl halides is 3. The Morgan fingerprint density at radius 3 is 2.56 bits per heavy atom. The molecule has 0 bridgehead atoms. The third-order valence-electron chi connectivity index (χ3n) is 4.96. The van der Waals surface area contributed by atoms with Gasteiger partial charge in [-0.3, -0.25) is 0 Å². The number of hydrogen-bond donors (Lipinski definition) is 0. The van der Waals surface area contributed by atoms with E-state index in [1.165, 1.54) is 23.5 Å². The normalized spacial score (nSPS) is 12.5. The molecule has 0 aliphatic carbocycles. The molecule has 3 heterocycles. The van der Waals surface area contributed by atoms with Gasteiger partial charge in [0.1, 0.15) is 24.5 Å². The first-order valence-electron chi connectivity index (χ1n) is 9.21. The van der Waals surface area contributed by atoms with Gasteiger partial charge in [-0.05, 0) is 47.1 Å². The largest absolute Gasteiger partial charge is 0.416 e. The number of nitriles is 1. The zero-order chi connectivity index (χ0) is 23.0. The summed E-state index contributed by atoms with van der Waals surface area (Å²) < 4.78 is 41.9. The molecule has 0 aliphatic rings. The highest BCUT2D eigenvalue weighted by molar-refractivity contribution is 9.10. The van der Waals surface area contributed by atoms with Gasteiger partial charge in [0.2, 0.25) is 0 Å². The molecule has 0 radical (unpaired) electrons. The fraction of sp³-hybridized carbons (Fsp3) is 0.200. The minimum absolute atomic E-state index is 0.219. The predicted molar refractivity (Wildman–Crippen MR) is 113 cm³/mol. The van der Waals surface area contributed by atoms with Gasteiger partial charge in [0.15, 0.2) is 11.6 Å². The monoisotopic (exact) mass is 502 g/mol. The Bertz CT molecular complexity index is 1330. The third kappa shape index (κ3) is 3.87. The van der Waals surface area contributed by atoms with Crippen LogP contribution in [0.15, 0.2) is 47.6 Å². The van der Waals surface area contributed by atoms with Crippen LogP contribution in [0.25, 0.3) is 16.7 Å². The topological polar surface area (TPSA) is 96.4 Å². The van der Waals surface area contributed by atoms with Crippen molar-refractivity contribution >= 4 is 32.7 Å². The molecule has 1 aromatic carbocycles. The molecule has 0 saturated carbocycles. The number of halogens is 4. The van der Waals surface area contributed by atoms with E-state index in [1.807, 2.05) is 13.0 Å². The molecule has 4 rings (SSSR count). The van der Waals surface area contributed by atoms with Crippen LogP contribution in [0.1, 0.15) is 29.9 Å². The van der Waals surface area contributed by atoms with Crippen LogP contribution in [-0.4, -0.2) is 36.8 Å². The highest BCUT2D eigenvalue weighted by Crippen LogP contribution is 2.38. The van der Waals surface area contributed by atoms with Crippen molar-refractivity contribution in [2.24, 2.45) is 0 Å². The summed E-state index contributed by atoms with van der Waals surface area (Å²) in [5, 5.41) is 13.4. The van der Waals surface area contributed by atoms with Gasteiger partial charge >= 0.3 is 6.18 Å². The number of nitrogens with zero attached hydrogens (tertiary/aromatic N) is 8. The van der Waals surface area contributed by atoms with Crippen LogP contribution in [0.5, 0.6) is 0 Å². The molecule has 0 spiro atoms. The minimum atomic E-state index is -4.52. The zero-order valence-corrected chi connectivity index (χ0v) is 18.3. The molecule has 0 amide bonds. The molecular weight excluding hydrogens is 489 g/mol. The van der Waals surface area contributed by atoms with Crippen molar-refractivity contribution in [1.82, 2.24) is 29.7 Å². The van der Waals surface area contributed by atoms with Crippen molar-refractivity contribution < 1.29 is 13.2 Å². The van der Waals surface area contributed by atoms with E-state index in [-0.39, 0.29) is 9.86 Å². The molecule has 3 aromatic heterocycles. The van der Waals surface area contributed by atoms with E-state index >= 15 is 0 Å². The molecule has 1 atom stereocenters. The summed E-state index contributed by atoms with van der Waals surface area (Å²) in [7, 11) is 1.70. The van der Waals surface area contributed by atoms with Crippen molar-refractivity contribution in [1.29, 1.82) is 5.26 Å². The van der Waals surface area contributed by atoms with Crippen molar-refractivity contribution in [3.63, 3.8) is 0 Å². The number of hydrogen-bond acceptors (Lipinski definition) is 7. The van der Waals surface area contributed by atoms with Gasteiger partial charge in [-0.2, -0.15) is 28.2 Å². The number of pyridine rings is 1. The Morgan fingerprint density at radius 2 is 1.91 bits per heavy atom. The fourth-order valence-corrected chi connectivity index (χ4v) is 3.76. The van der Waals surface area contributed by atoms with Gasteiger partial charge in [0.05, 0.1) is 22.7 Å². The highest BCUT2D eigenvalue weighted by Gasteiger charge is 2.32. The average molecular weight is 503 g/mol. The Balaban J connectivity index is 1.77. The summed E-state index contributed by atoms with van der Waals surface area (Å²) in [5.41, 5.74) is -0.0460. The second-order valence-electron chi connectivity index (χ2n) is 6.88. The number of anilines is 1. The first-order chi connectivity index (χ1) is 15.2. The molecule has 1 unspecified atom stereocenters. The molecule has 4 aromatic rings. The van der Waals surface area contributed by atoms with Gasteiger partial charge in [0, 0.05) is 23.1 Å². The Hall–Kier alpha value is -3.59. The molecular formula is C20H14BrF3N8.